The lowest BCUT2D eigenvalue weighted by Gasteiger charge is -2.09. The lowest BCUT2D eigenvalue weighted by Crippen LogP contribution is -2.15. The third kappa shape index (κ3) is 8.29. The van der Waals surface area contributed by atoms with E-state index in [0.717, 1.165) is 4.88 Å². The van der Waals surface area contributed by atoms with Crippen LogP contribution in [0.2, 0.25) is 0 Å². The normalized spacial score (nSPS) is 10.7. The van der Waals surface area contributed by atoms with Crippen LogP contribution in [0.15, 0.2) is 36.4 Å². The average Bonchev–Trinajstić information content (AvgIpc) is 3.12. The van der Waals surface area contributed by atoms with Gasteiger partial charge in [-0.15, -0.1) is 11.3 Å². The van der Waals surface area contributed by atoms with E-state index in [1.807, 2.05) is 26.8 Å². The zero-order valence-corrected chi connectivity index (χ0v) is 18.4. The van der Waals surface area contributed by atoms with Gasteiger partial charge in [0.1, 0.15) is 5.78 Å². The van der Waals surface area contributed by atoms with E-state index in [1.165, 1.54) is 11.3 Å². The number of thiophene rings is 1. The summed E-state index contributed by atoms with van der Waals surface area (Å²) < 4.78 is 0. The summed E-state index contributed by atoms with van der Waals surface area (Å²) >= 11 is 1.43. The first-order chi connectivity index (χ1) is 14.2. The molecule has 1 aromatic heterocycles. The molecule has 160 valence electrons. The second-order valence-corrected chi connectivity index (χ2v) is 8.93. The fourth-order valence-electron chi connectivity index (χ4n) is 2.78. The maximum absolute atomic E-state index is 12.1. The molecule has 0 spiro atoms. The van der Waals surface area contributed by atoms with Gasteiger partial charge >= 0.3 is 0 Å². The Morgan fingerprint density at radius 2 is 1.37 bits per heavy atom. The molecule has 6 nitrogen and oxygen atoms in total. The van der Waals surface area contributed by atoms with E-state index in [4.69, 9.17) is 0 Å². The van der Waals surface area contributed by atoms with E-state index in [0.29, 0.717) is 22.7 Å². The number of ketones is 2. The average molecular weight is 429 g/mol. The zero-order chi connectivity index (χ0) is 22.1. The fourth-order valence-corrected chi connectivity index (χ4v) is 3.62. The molecule has 7 heteroatoms. The number of Topliss-reactive ketones (excluding diaryl/α,β-unsaturated/α-hetero) is 2. The Morgan fingerprint density at radius 3 is 1.90 bits per heavy atom. The molecular weight excluding hydrogens is 400 g/mol. The maximum atomic E-state index is 12.1. The molecule has 30 heavy (non-hydrogen) atoms. The van der Waals surface area contributed by atoms with Gasteiger partial charge in [-0.1, -0.05) is 13.8 Å². The summed E-state index contributed by atoms with van der Waals surface area (Å²) in [6.07, 6.45) is 0.938. The summed E-state index contributed by atoms with van der Waals surface area (Å²) in [5.74, 6) is -0.168. The van der Waals surface area contributed by atoms with Crippen molar-refractivity contribution in [2.45, 2.75) is 52.9 Å². The summed E-state index contributed by atoms with van der Waals surface area (Å²) in [5, 5.41) is 5.54. The monoisotopic (exact) mass is 428 g/mol. The second kappa shape index (κ2) is 11.4. The van der Waals surface area contributed by atoms with Crippen molar-refractivity contribution in [3.05, 3.63) is 46.2 Å². The molecule has 2 aromatic rings. The number of nitrogens with one attached hydrogen (secondary N) is 2. The van der Waals surface area contributed by atoms with Crippen LogP contribution < -0.4 is 10.6 Å². The predicted octanol–water partition coefficient (Wildman–Crippen LogP) is 4.99. The van der Waals surface area contributed by atoms with Crippen molar-refractivity contribution in [1.82, 2.24) is 0 Å². The Kier molecular flexibility index (Phi) is 8.92. The number of carbonyl (C=O) groups excluding carboxylic acids is 4. The highest BCUT2D eigenvalue weighted by Crippen LogP contribution is 2.18. The summed E-state index contributed by atoms with van der Waals surface area (Å²) in [5.41, 5.74) is 1.26. The van der Waals surface area contributed by atoms with E-state index in [2.05, 4.69) is 10.6 Å². The van der Waals surface area contributed by atoms with E-state index in [1.54, 1.807) is 30.3 Å². The number of amides is 2. The topological polar surface area (TPSA) is 92.3 Å². The molecule has 2 amide bonds. The third-order valence-corrected chi connectivity index (χ3v) is 5.36. The molecule has 0 aliphatic rings. The van der Waals surface area contributed by atoms with Gasteiger partial charge in [0, 0.05) is 48.4 Å². The molecule has 1 aromatic carbocycles. The maximum Gasteiger partial charge on any atom is 0.224 e. The fraction of sp³-hybridized carbons (Fsp3) is 0.391. The number of hydrogen-bond donors (Lipinski definition) is 2. The van der Waals surface area contributed by atoms with Gasteiger partial charge in [0.15, 0.2) is 5.78 Å². The van der Waals surface area contributed by atoms with Crippen molar-refractivity contribution in [1.29, 1.82) is 0 Å². The molecule has 0 bridgehead atoms. The number of rotatable bonds is 11. The van der Waals surface area contributed by atoms with Crippen LogP contribution >= 0.6 is 11.3 Å². The molecule has 0 fully saturated rings. The molecule has 1 heterocycles. The molecule has 2 rings (SSSR count). The van der Waals surface area contributed by atoms with Crippen LogP contribution in [-0.2, 0) is 14.4 Å². The Labute approximate surface area is 181 Å². The number of anilines is 2. The van der Waals surface area contributed by atoms with Gasteiger partial charge < -0.3 is 10.6 Å². The summed E-state index contributed by atoms with van der Waals surface area (Å²) in [7, 11) is 0. The van der Waals surface area contributed by atoms with E-state index >= 15 is 0 Å². The van der Waals surface area contributed by atoms with Crippen molar-refractivity contribution in [3.63, 3.8) is 0 Å². The van der Waals surface area contributed by atoms with Crippen LogP contribution in [0.4, 0.5) is 11.4 Å². The van der Waals surface area contributed by atoms with Crippen LogP contribution in [-0.4, -0.2) is 23.4 Å². The molecule has 0 radical (unpaired) electrons. The highest BCUT2D eigenvalue weighted by molar-refractivity contribution is 7.14. The molecule has 0 unspecified atom stereocenters. The summed E-state index contributed by atoms with van der Waals surface area (Å²) in [6.45, 7) is 5.89. The van der Waals surface area contributed by atoms with Crippen molar-refractivity contribution in [2.24, 2.45) is 5.92 Å². The Bertz CT molecular complexity index is 900. The van der Waals surface area contributed by atoms with Crippen LogP contribution in [0.5, 0.6) is 0 Å². The van der Waals surface area contributed by atoms with Gasteiger partial charge in [0.25, 0.3) is 0 Å². The van der Waals surface area contributed by atoms with Gasteiger partial charge in [-0.2, -0.15) is 0 Å². The van der Waals surface area contributed by atoms with E-state index < -0.39 is 0 Å². The smallest absolute Gasteiger partial charge is 0.224 e. The molecule has 0 aliphatic carbocycles. The highest BCUT2D eigenvalue weighted by Gasteiger charge is 2.13. The lowest BCUT2D eigenvalue weighted by molar-refractivity contribution is -0.122. The zero-order valence-electron chi connectivity index (χ0n) is 17.6. The minimum Gasteiger partial charge on any atom is -0.326 e. The van der Waals surface area contributed by atoms with Gasteiger partial charge in [-0.3, -0.25) is 19.2 Å². The van der Waals surface area contributed by atoms with Gasteiger partial charge in [-0.25, -0.2) is 0 Å². The largest absolute Gasteiger partial charge is 0.326 e. The second-order valence-electron chi connectivity index (χ2n) is 7.64. The number of benzene rings is 1. The van der Waals surface area contributed by atoms with Crippen LogP contribution in [0.3, 0.4) is 0 Å². The quantitative estimate of drug-likeness (QED) is 0.493. The molecular formula is C23H28N2O4S. The van der Waals surface area contributed by atoms with E-state index in [-0.39, 0.29) is 55.0 Å². The number of carbonyl (C=O) groups is 4. The van der Waals surface area contributed by atoms with Crippen molar-refractivity contribution in [3.8, 4) is 0 Å². The van der Waals surface area contributed by atoms with Gasteiger partial charge in [0.05, 0.1) is 4.88 Å². The summed E-state index contributed by atoms with van der Waals surface area (Å²) in [4.78, 5) is 49.6. The Balaban J connectivity index is 1.70. The number of hydrogen-bond acceptors (Lipinski definition) is 5. The minimum absolute atomic E-state index is 0.0357. The van der Waals surface area contributed by atoms with Crippen molar-refractivity contribution >= 4 is 46.1 Å². The number of aryl methyl sites for hydroxylation is 1. The Hall–Kier alpha value is -2.80. The lowest BCUT2D eigenvalue weighted by atomic mass is 10.1. The predicted molar refractivity (Wildman–Crippen MR) is 120 cm³/mol. The Morgan fingerprint density at radius 1 is 0.800 bits per heavy atom. The summed E-state index contributed by atoms with van der Waals surface area (Å²) in [6, 6.07) is 10.5. The first-order valence-corrected chi connectivity index (χ1v) is 10.9. The minimum atomic E-state index is -0.264. The molecule has 2 N–H and O–H groups in total. The van der Waals surface area contributed by atoms with Crippen molar-refractivity contribution < 1.29 is 19.2 Å². The molecule has 0 atom stereocenters. The molecule has 0 saturated heterocycles. The van der Waals surface area contributed by atoms with Gasteiger partial charge in [0.2, 0.25) is 11.8 Å². The van der Waals surface area contributed by atoms with Crippen LogP contribution in [0, 0.1) is 12.8 Å². The van der Waals surface area contributed by atoms with Gasteiger partial charge in [-0.05, 0) is 49.2 Å². The highest BCUT2D eigenvalue weighted by atomic mass is 32.1. The molecule has 0 saturated carbocycles. The first-order valence-electron chi connectivity index (χ1n) is 10.0. The van der Waals surface area contributed by atoms with Crippen molar-refractivity contribution in [2.75, 3.05) is 10.6 Å². The standard InChI is InChI=1S/C23H28N2O4S/c1-15(2)14-23(29)25-18-7-5-17(6-8-18)24-22(28)13-10-19(26)9-11-20(27)21-12-4-16(3)30-21/h4-8,12,15H,9-11,13-14H2,1-3H3,(H,24,28)(H,25,29). The molecule has 0 aliphatic heterocycles. The van der Waals surface area contributed by atoms with Crippen LogP contribution in [0.25, 0.3) is 0 Å². The first kappa shape index (κ1) is 23.5. The van der Waals surface area contributed by atoms with E-state index in [9.17, 15) is 19.2 Å². The van der Waals surface area contributed by atoms with Crippen LogP contribution in [0.1, 0.15) is 60.5 Å². The SMILES string of the molecule is Cc1ccc(C(=O)CCC(=O)CCC(=O)Nc2ccc(NC(=O)CC(C)C)cc2)s1. The third-order valence-electron chi connectivity index (χ3n) is 4.32.